The van der Waals surface area contributed by atoms with E-state index in [9.17, 15) is 9.18 Å². The number of nitrogens with zero attached hydrogens (tertiary/aromatic N) is 5. The van der Waals surface area contributed by atoms with Gasteiger partial charge >= 0.3 is 0 Å². The lowest BCUT2D eigenvalue weighted by molar-refractivity contribution is 0.102. The molecule has 3 N–H and O–H groups in total. The van der Waals surface area contributed by atoms with Crippen LogP contribution in [0.1, 0.15) is 49.2 Å². The molecule has 2 fully saturated rings. The van der Waals surface area contributed by atoms with E-state index in [0.717, 1.165) is 24.2 Å². The van der Waals surface area contributed by atoms with Crippen molar-refractivity contribution in [1.29, 1.82) is 0 Å². The molecule has 35 heavy (non-hydrogen) atoms. The third kappa shape index (κ3) is 4.60. The molecule has 1 saturated heterocycles. The van der Waals surface area contributed by atoms with Crippen LogP contribution in [0.4, 0.5) is 15.8 Å². The number of carbonyl (C=O) groups is 1. The summed E-state index contributed by atoms with van der Waals surface area (Å²) in [7, 11) is 1.85. The van der Waals surface area contributed by atoms with E-state index in [2.05, 4.69) is 34.1 Å². The second-order valence-electron chi connectivity index (χ2n) is 10.3. The fourth-order valence-electron chi connectivity index (χ4n) is 4.58. The Morgan fingerprint density at radius 3 is 2.54 bits per heavy atom. The van der Waals surface area contributed by atoms with Crippen molar-refractivity contribution in [3.05, 3.63) is 53.9 Å². The van der Waals surface area contributed by atoms with E-state index in [0.29, 0.717) is 33.9 Å². The predicted octanol–water partition coefficient (Wildman–Crippen LogP) is 4.26. The van der Waals surface area contributed by atoms with Crippen molar-refractivity contribution in [1.82, 2.24) is 19.2 Å². The van der Waals surface area contributed by atoms with E-state index in [1.807, 2.05) is 19.3 Å². The van der Waals surface area contributed by atoms with E-state index in [1.165, 1.54) is 25.3 Å². The number of anilines is 2. The molecule has 8 nitrogen and oxygen atoms in total. The number of benzene rings is 1. The van der Waals surface area contributed by atoms with Gasteiger partial charge in [0.2, 0.25) is 0 Å². The van der Waals surface area contributed by atoms with Gasteiger partial charge in [0.1, 0.15) is 5.52 Å². The standard InChI is InChI=1S/C21H21FN6O.C5H11N/c1-13-10-28-11-14(9-17(22)20(28)23-13)24-21(29)15-5-6-18(27-7-3-4-8-27)16-12-26(2)25-19(15)16;1-5(2)3-4(5)6/h5-6,9-12H,3-4,7-8H2,1-2H3,(H,24,29);4H,3,6H2,1-2H3. The van der Waals surface area contributed by atoms with Gasteiger partial charge in [0.25, 0.3) is 5.91 Å². The molecule has 6 rings (SSSR count). The van der Waals surface area contributed by atoms with Gasteiger partial charge < -0.3 is 20.4 Å². The summed E-state index contributed by atoms with van der Waals surface area (Å²) in [5.41, 5.74) is 9.51. The first-order valence-corrected chi connectivity index (χ1v) is 12.1. The summed E-state index contributed by atoms with van der Waals surface area (Å²) >= 11 is 0. The Labute approximate surface area is 203 Å². The van der Waals surface area contributed by atoms with Crippen molar-refractivity contribution in [3.63, 3.8) is 0 Å². The number of halogens is 1. The molecule has 1 unspecified atom stereocenters. The first kappa shape index (κ1) is 23.3. The minimum atomic E-state index is -0.483. The highest BCUT2D eigenvalue weighted by molar-refractivity contribution is 6.13. The van der Waals surface area contributed by atoms with Crippen LogP contribution in [-0.2, 0) is 7.05 Å². The van der Waals surface area contributed by atoms with E-state index < -0.39 is 5.82 Å². The Kier molecular flexibility index (Phi) is 5.75. The molecule has 0 radical (unpaired) electrons. The van der Waals surface area contributed by atoms with E-state index >= 15 is 0 Å². The molecule has 1 aliphatic carbocycles. The zero-order valence-corrected chi connectivity index (χ0v) is 20.7. The molecule has 1 aliphatic heterocycles. The predicted molar refractivity (Wildman–Crippen MR) is 136 cm³/mol. The Morgan fingerprint density at radius 2 is 1.89 bits per heavy atom. The van der Waals surface area contributed by atoms with Gasteiger partial charge in [-0.2, -0.15) is 5.10 Å². The van der Waals surface area contributed by atoms with Crippen LogP contribution < -0.4 is 16.0 Å². The van der Waals surface area contributed by atoms with Gasteiger partial charge in [0.05, 0.1) is 16.9 Å². The molecular weight excluding hydrogens is 445 g/mol. The van der Waals surface area contributed by atoms with Crippen LogP contribution in [0.15, 0.2) is 36.8 Å². The second kappa shape index (κ2) is 8.64. The monoisotopic (exact) mass is 477 g/mol. The third-order valence-electron chi connectivity index (χ3n) is 6.93. The average Bonchev–Trinajstić information content (AvgIpc) is 3.30. The molecule has 1 saturated carbocycles. The van der Waals surface area contributed by atoms with Gasteiger partial charge in [-0.1, -0.05) is 13.8 Å². The largest absolute Gasteiger partial charge is 0.371 e. The van der Waals surface area contributed by atoms with Gasteiger partial charge in [-0.05, 0) is 43.7 Å². The van der Waals surface area contributed by atoms with E-state index in [-0.39, 0.29) is 11.6 Å². The van der Waals surface area contributed by atoms with Gasteiger partial charge in [-0.25, -0.2) is 9.37 Å². The van der Waals surface area contributed by atoms with Crippen molar-refractivity contribution < 1.29 is 9.18 Å². The molecule has 0 spiro atoms. The lowest BCUT2D eigenvalue weighted by Gasteiger charge is -2.19. The number of nitrogens with two attached hydrogens (primary N) is 1. The number of aryl methyl sites for hydroxylation is 2. The third-order valence-corrected chi connectivity index (χ3v) is 6.93. The maximum atomic E-state index is 14.3. The quantitative estimate of drug-likeness (QED) is 0.460. The van der Waals surface area contributed by atoms with Crippen molar-refractivity contribution >= 4 is 33.8 Å². The highest BCUT2D eigenvalue weighted by atomic mass is 19.1. The minimum absolute atomic E-state index is 0.239. The fourth-order valence-corrected chi connectivity index (χ4v) is 4.58. The van der Waals surface area contributed by atoms with Crippen LogP contribution in [0.5, 0.6) is 0 Å². The number of hydrogen-bond donors (Lipinski definition) is 2. The van der Waals surface area contributed by atoms with Crippen molar-refractivity contribution in [3.8, 4) is 0 Å². The minimum Gasteiger partial charge on any atom is -0.371 e. The fraction of sp³-hybridized carbons (Fsp3) is 0.423. The maximum absolute atomic E-state index is 14.3. The molecule has 1 aromatic carbocycles. The summed E-state index contributed by atoms with van der Waals surface area (Å²) in [6.45, 7) is 8.21. The van der Waals surface area contributed by atoms with Gasteiger partial charge in [-0.3, -0.25) is 9.48 Å². The lowest BCUT2D eigenvalue weighted by Crippen LogP contribution is -2.19. The molecule has 2 aliphatic rings. The van der Waals surface area contributed by atoms with Gasteiger partial charge in [0.15, 0.2) is 11.5 Å². The molecule has 1 amide bonds. The Bertz CT molecular complexity index is 1410. The number of aromatic nitrogens is 4. The lowest BCUT2D eigenvalue weighted by atomic mass is 10.1. The molecule has 4 heterocycles. The van der Waals surface area contributed by atoms with Crippen LogP contribution in [0.2, 0.25) is 0 Å². The Balaban J connectivity index is 0.000000371. The molecular formula is C26H32FN7O. The molecule has 0 bridgehead atoms. The highest BCUT2D eigenvalue weighted by Gasteiger charge is 2.42. The zero-order valence-electron chi connectivity index (χ0n) is 20.7. The molecule has 1 atom stereocenters. The van der Waals surface area contributed by atoms with Gasteiger partial charge in [0, 0.05) is 61.9 Å². The average molecular weight is 478 g/mol. The van der Waals surface area contributed by atoms with Crippen LogP contribution in [-0.4, -0.2) is 44.2 Å². The molecule has 3 aromatic heterocycles. The van der Waals surface area contributed by atoms with E-state index in [1.54, 1.807) is 34.5 Å². The maximum Gasteiger partial charge on any atom is 0.257 e. The Hall–Kier alpha value is -3.46. The number of amides is 1. The molecule has 4 aromatic rings. The number of imidazole rings is 1. The first-order valence-electron chi connectivity index (χ1n) is 12.1. The van der Waals surface area contributed by atoms with Crippen LogP contribution in [0.25, 0.3) is 16.6 Å². The summed E-state index contributed by atoms with van der Waals surface area (Å²) in [5, 5.41) is 8.27. The summed E-state index contributed by atoms with van der Waals surface area (Å²) in [6.07, 6.45) is 8.88. The van der Waals surface area contributed by atoms with Crippen LogP contribution in [0.3, 0.4) is 0 Å². The number of rotatable bonds is 3. The second-order valence-corrected chi connectivity index (χ2v) is 10.3. The smallest absolute Gasteiger partial charge is 0.257 e. The number of nitrogens with one attached hydrogen (secondary N) is 1. The van der Waals surface area contributed by atoms with Crippen molar-refractivity contribution in [2.75, 3.05) is 23.3 Å². The highest BCUT2D eigenvalue weighted by Crippen LogP contribution is 2.42. The van der Waals surface area contributed by atoms with E-state index in [4.69, 9.17) is 5.73 Å². The summed E-state index contributed by atoms with van der Waals surface area (Å²) in [6, 6.07) is 5.56. The normalized spacial score (nSPS) is 18.6. The number of hydrogen-bond acceptors (Lipinski definition) is 5. The molecule has 184 valence electrons. The van der Waals surface area contributed by atoms with Crippen LogP contribution >= 0.6 is 0 Å². The number of fused-ring (bicyclic) bond motifs is 2. The summed E-state index contributed by atoms with van der Waals surface area (Å²) < 4.78 is 17.6. The number of pyridine rings is 1. The van der Waals surface area contributed by atoms with Crippen LogP contribution in [0, 0.1) is 18.2 Å². The number of carbonyl (C=O) groups excluding carboxylic acids is 1. The molecule has 9 heteroatoms. The summed E-state index contributed by atoms with van der Waals surface area (Å²) in [5.74, 6) is -0.805. The SMILES string of the molecule is CC1(C)CC1N.Cc1cn2cc(NC(=O)c3ccc(N4CCCC4)c4cn(C)nc34)cc(F)c2n1. The van der Waals surface area contributed by atoms with Crippen molar-refractivity contribution in [2.45, 2.75) is 46.1 Å². The van der Waals surface area contributed by atoms with Crippen molar-refractivity contribution in [2.24, 2.45) is 18.2 Å². The Morgan fingerprint density at radius 1 is 1.20 bits per heavy atom. The van der Waals surface area contributed by atoms with Gasteiger partial charge in [-0.15, -0.1) is 0 Å². The topological polar surface area (TPSA) is 93.5 Å². The summed E-state index contributed by atoms with van der Waals surface area (Å²) in [4.78, 5) is 19.5. The zero-order chi connectivity index (χ0) is 24.9. The first-order chi connectivity index (χ1) is 16.6.